The average molecular weight is 533 g/mol. The van der Waals surface area contributed by atoms with E-state index in [4.69, 9.17) is 9.73 Å². The van der Waals surface area contributed by atoms with Crippen molar-refractivity contribution in [1.82, 2.24) is 15.5 Å². The summed E-state index contributed by atoms with van der Waals surface area (Å²) >= 11 is 0. The van der Waals surface area contributed by atoms with Crippen LogP contribution in [0.25, 0.3) is 0 Å². The number of nitrogens with zero attached hydrogens (tertiary/aromatic N) is 3. The zero-order valence-electron chi connectivity index (χ0n) is 18.5. The van der Waals surface area contributed by atoms with E-state index in [0.717, 1.165) is 76.7 Å². The van der Waals surface area contributed by atoms with E-state index in [-0.39, 0.29) is 41.4 Å². The average Bonchev–Trinajstić information content (AvgIpc) is 2.73. The number of halogens is 2. The molecule has 2 fully saturated rings. The quantitative estimate of drug-likeness (QED) is 0.335. The van der Waals surface area contributed by atoms with Crippen LogP contribution in [0.4, 0.5) is 10.1 Å². The van der Waals surface area contributed by atoms with Crippen LogP contribution in [0.5, 0.6) is 0 Å². The predicted molar refractivity (Wildman–Crippen MR) is 133 cm³/mol. The van der Waals surface area contributed by atoms with Gasteiger partial charge in [-0.1, -0.05) is 6.07 Å². The zero-order chi connectivity index (χ0) is 20.7. The maximum absolute atomic E-state index is 13.6. The highest BCUT2D eigenvalue weighted by Gasteiger charge is 2.34. The molecule has 1 aromatic carbocycles. The van der Waals surface area contributed by atoms with Crippen molar-refractivity contribution in [3.05, 3.63) is 30.1 Å². The van der Waals surface area contributed by atoms with E-state index < -0.39 is 0 Å². The van der Waals surface area contributed by atoms with Gasteiger partial charge in [0, 0.05) is 50.1 Å². The number of hydrogen-bond acceptors (Lipinski definition) is 4. The number of benzene rings is 1. The van der Waals surface area contributed by atoms with Crippen molar-refractivity contribution in [2.24, 2.45) is 4.99 Å². The first-order valence-electron chi connectivity index (χ1n) is 10.8. The van der Waals surface area contributed by atoms with Gasteiger partial charge in [0.25, 0.3) is 0 Å². The van der Waals surface area contributed by atoms with Gasteiger partial charge in [0.2, 0.25) is 0 Å². The molecule has 2 aliphatic rings. The first kappa shape index (κ1) is 25.1. The van der Waals surface area contributed by atoms with Gasteiger partial charge in [0.05, 0.1) is 6.54 Å². The van der Waals surface area contributed by atoms with Gasteiger partial charge in [-0.05, 0) is 64.9 Å². The molecule has 0 bridgehead atoms. The fourth-order valence-electron chi connectivity index (χ4n) is 4.24. The molecule has 2 saturated heterocycles. The molecule has 6 nitrogen and oxygen atoms in total. The molecule has 0 aromatic heterocycles. The monoisotopic (exact) mass is 533 g/mol. The summed E-state index contributed by atoms with van der Waals surface area (Å²) in [5.41, 5.74) is 1.01. The van der Waals surface area contributed by atoms with Crippen LogP contribution >= 0.6 is 24.0 Å². The molecule has 2 heterocycles. The Morgan fingerprint density at radius 2 is 2.10 bits per heavy atom. The van der Waals surface area contributed by atoms with Crippen molar-refractivity contribution in [1.29, 1.82) is 0 Å². The van der Waals surface area contributed by atoms with Gasteiger partial charge >= 0.3 is 0 Å². The predicted octanol–water partition coefficient (Wildman–Crippen LogP) is 3.08. The number of nitrogens with one attached hydrogen (secondary N) is 2. The summed E-state index contributed by atoms with van der Waals surface area (Å²) in [5, 5.41) is 7.02. The molecular formula is C22H37FIN5O. The van der Waals surface area contributed by atoms with Gasteiger partial charge in [-0.3, -0.25) is 4.99 Å². The molecule has 1 atom stereocenters. The van der Waals surface area contributed by atoms with Crippen LogP contribution in [0.1, 0.15) is 32.6 Å². The summed E-state index contributed by atoms with van der Waals surface area (Å²) < 4.78 is 19.2. The van der Waals surface area contributed by atoms with Crippen LogP contribution in [0, 0.1) is 5.82 Å². The molecule has 1 aromatic rings. The smallest absolute Gasteiger partial charge is 0.191 e. The van der Waals surface area contributed by atoms with Crippen LogP contribution in [0.15, 0.2) is 29.3 Å². The van der Waals surface area contributed by atoms with Crippen molar-refractivity contribution >= 4 is 35.6 Å². The summed E-state index contributed by atoms with van der Waals surface area (Å²) in [5.74, 6) is 0.684. The Labute approximate surface area is 197 Å². The fraction of sp³-hybridized carbons (Fsp3) is 0.682. The Kier molecular flexibility index (Phi) is 10.1. The topological polar surface area (TPSA) is 52.1 Å². The van der Waals surface area contributed by atoms with Crippen LogP contribution in [0.2, 0.25) is 0 Å². The number of likely N-dealkylation sites (N-methyl/N-ethyl adjacent to an activating group) is 1. The van der Waals surface area contributed by atoms with Crippen LogP contribution < -0.4 is 15.5 Å². The Hall–Kier alpha value is -1.13. The Bertz CT molecular complexity index is 681. The molecule has 0 radical (unpaired) electrons. The Morgan fingerprint density at radius 3 is 2.77 bits per heavy atom. The third-order valence-corrected chi connectivity index (χ3v) is 6.18. The van der Waals surface area contributed by atoms with Crippen LogP contribution in [-0.2, 0) is 4.74 Å². The van der Waals surface area contributed by atoms with E-state index in [1.54, 1.807) is 12.1 Å². The summed E-state index contributed by atoms with van der Waals surface area (Å²) in [7, 11) is 4.28. The number of guanidine groups is 1. The molecule has 8 heteroatoms. The van der Waals surface area contributed by atoms with Gasteiger partial charge in [-0.15, -0.1) is 24.0 Å². The van der Waals surface area contributed by atoms with Crippen molar-refractivity contribution in [3.8, 4) is 0 Å². The van der Waals surface area contributed by atoms with Gasteiger partial charge in [-0.2, -0.15) is 0 Å². The first-order valence-corrected chi connectivity index (χ1v) is 10.8. The number of hydrogen-bond donors (Lipinski definition) is 2. The van der Waals surface area contributed by atoms with Gasteiger partial charge in [0.15, 0.2) is 5.96 Å². The largest absolute Gasteiger partial charge is 0.381 e. The Balaban J connectivity index is 0.00000320. The van der Waals surface area contributed by atoms with E-state index in [1.807, 2.05) is 6.07 Å². The summed E-state index contributed by atoms with van der Waals surface area (Å²) in [4.78, 5) is 9.51. The lowest BCUT2D eigenvalue weighted by atomic mass is 9.89. The number of ether oxygens (including phenoxy) is 1. The molecule has 0 aliphatic carbocycles. The van der Waals surface area contributed by atoms with E-state index >= 15 is 0 Å². The minimum atomic E-state index is -0.182. The maximum Gasteiger partial charge on any atom is 0.191 e. The molecule has 3 rings (SSSR count). The molecule has 1 unspecified atom stereocenters. The van der Waals surface area contributed by atoms with Crippen molar-refractivity contribution in [3.63, 3.8) is 0 Å². The molecule has 2 aliphatic heterocycles. The minimum absolute atomic E-state index is 0. The molecule has 0 amide bonds. The third kappa shape index (κ3) is 6.68. The van der Waals surface area contributed by atoms with E-state index in [0.29, 0.717) is 0 Å². The minimum Gasteiger partial charge on any atom is -0.381 e. The standard InChI is InChI=1S/C22H36FN5O.HI/c1-4-24-21(25-17-22(27(2)3)10-13-29-14-11-22)26-19-8-6-12-28(16-19)20-9-5-7-18(23)15-20;/h5,7,9,15,19H,4,6,8,10-14,16-17H2,1-3H3,(H2,24,25,26);1H. The van der Waals surface area contributed by atoms with Crippen LogP contribution in [0.3, 0.4) is 0 Å². The summed E-state index contributed by atoms with van der Waals surface area (Å²) in [6, 6.07) is 7.16. The normalized spacial score (nSPS) is 21.8. The third-order valence-electron chi connectivity index (χ3n) is 6.18. The number of piperidine rings is 1. The van der Waals surface area contributed by atoms with E-state index in [2.05, 4.69) is 41.5 Å². The molecule has 170 valence electrons. The highest BCUT2D eigenvalue weighted by Crippen LogP contribution is 2.26. The highest BCUT2D eigenvalue weighted by molar-refractivity contribution is 14.0. The number of anilines is 1. The number of rotatable bonds is 6. The molecule has 0 spiro atoms. The molecular weight excluding hydrogens is 496 g/mol. The van der Waals surface area contributed by atoms with E-state index in [9.17, 15) is 4.39 Å². The van der Waals surface area contributed by atoms with Crippen molar-refractivity contribution in [2.45, 2.75) is 44.2 Å². The van der Waals surface area contributed by atoms with Gasteiger partial charge in [-0.25, -0.2) is 4.39 Å². The molecule has 0 saturated carbocycles. The van der Waals surface area contributed by atoms with Crippen molar-refractivity contribution < 1.29 is 9.13 Å². The Morgan fingerprint density at radius 1 is 1.33 bits per heavy atom. The second-order valence-corrected chi connectivity index (χ2v) is 8.34. The maximum atomic E-state index is 13.6. The molecule has 30 heavy (non-hydrogen) atoms. The lowest BCUT2D eigenvalue weighted by Crippen LogP contribution is -2.53. The van der Waals surface area contributed by atoms with E-state index in [1.165, 1.54) is 6.07 Å². The van der Waals surface area contributed by atoms with Gasteiger partial charge in [0.1, 0.15) is 5.82 Å². The second kappa shape index (κ2) is 12.0. The molecule has 2 N–H and O–H groups in total. The summed E-state index contributed by atoms with van der Waals surface area (Å²) in [6.07, 6.45) is 4.16. The number of aliphatic imine (C=N–C) groups is 1. The lowest BCUT2D eigenvalue weighted by molar-refractivity contribution is -0.00255. The SMILES string of the molecule is CCNC(=NCC1(N(C)C)CCOCC1)NC1CCCN(c2cccc(F)c2)C1.I. The highest BCUT2D eigenvalue weighted by atomic mass is 127. The van der Waals surface area contributed by atoms with Crippen molar-refractivity contribution in [2.75, 3.05) is 58.4 Å². The lowest BCUT2D eigenvalue weighted by Gasteiger charge is -2.42. The summed E-state index contributed by atoms with van der Waals surface area (Å²) in [6.45, 7) is 7.06. The van der Waals surface area contributed by atoms with Crippen LogP contribution in [-0.4, -0.2) is 75.9 Å². The second-order valence-electron chi connectivity index (χ2n) is 8.34. The fourth-order valence-corrected chi connectivity index (χ4v) is 4.24. The van der Waals surface area contributed by atoms with Gasteiger partial charge < -0.3 is 25.2 Å². The zero-order valence-corrected chi connectivity index (χ0v) is 20.8. The first-order chi connectivity index (χ1) is 14.0.